The summed E-state index contributed by atoms with van der Waals surface area (Å²) in [7, 11) is 0.196. The molecule has 0 spiro atoms. The number of urea groups is 1. The van der Waals surface area contributed by atoms with Crippen molar-refractivity contribution in [2.24, 2.45) is 0 Å². The van der Waals surface area contributed by atoms with Crippen LogP contribution in [0.4, 0.5) is 10.5 Å². The molecule has 2 amide bonds. The molecule has 0 aliphatic rings. The number of amides is 2. The van der Waals surface area contributed by atoms with Crippen molar-refractivity contribution in [3.63, 3.8) is 0 Å². The van der Waals surface area contributed by atoms with Gasteiger partial charge in [-0.2, -0.15) is 0 Å². The van der Waals surface area contributed by atoms with Crippen LogP contribution in [0.3, 0.4) is 0 Å². The smallest absolute Gasteiger partial charge is 0.306 e. The molecule has 6 heteroatoms. The summed E-state index contributed by atoms with van der Waals surface area (Å²) >= 11 is 0. The summed E-state index contributed by atoms with van der Waals surface area (Å²) in [4.78, 5) is 11.7. The number of anilines is 1. The normalized spacial score (nSPS) is 11.9. The summed E-state index contributed by atoms with van der Waals surface area (Å²) in [6.45, 7) is 0. The molecule has 15 heavy (non-hydrogen) atoms. The Hall–Kier alpha value is -1.40. The third-order valence-electron chi connectivity index (χ3n) is 1.73. The van der Waals surface area contributed by atoms with Crippen LogP contribution in [0, 0.1) is 0 Å². The second-order valence-electron chi connectivity index (χ2n) is 2.93. The molecular formula is C9H12N2O3S. The maximum atomic E-state index is 11.1. The lowest BCUT2D eigenvalue weighted by atomic mass is 10.3. The van der Waals surface area contributed by atoms with Gasteiger partial charge >= 0.3 is 6.03 Å². The van der Waals surface area contributed by atoms with Crippen LogP contribution >= 0.6 is 0 Å². The largest absolute Gasteiger partial charge is 0.345 e. The molecule has 0 radical (unpaired) electrons. The van der Waals surface area contributed by atoms with E-state index in [0.717, 1.165) is 0 Å². The van der Waals surface area contributed by atoms with E-state index < -0.39 is 16.8 Å². The monoisotopic (exact) mass is 228 g/mol. The predicted molar refractivity (Wildman–Crippen MR) is 57.3 cm³/mol. The molecule has 5 nitrogen and oxygen atoms in total. The molecule has 2 N–H and O–H groups in total. The van der Waals surface area contributed by atoms with Crippen LogP contribution in [-0.2, 0) is 10.8 Å². The fourth-order valence-electron chi connectivity index (χ4n) is 0.934. The van der Waals surface area contributed by atoms with Crippen molar-refractivity contribution in [2.75, 3.05) is 18.6 Å². The first kappa shape index (κ1) is 11.7. The molecule has 0 aliphatic carbocycles. The van der Waals surface area contributed by atoms with Gasteiger partial charge in [-0.1, -0.05) is 0 Å². The van der Waals surface area contributed by atoms with Crippen molar-refractivity contribution in [2.45, 2.75) is 4.90 Å². The number of hydroxylamine groups is 2. The van der Waals surface area contributed by atoms with E-state index in [1.54, 1.807) is 30.5 Å². The van der Waals surface area contributed by atoms with Gasteiger partial charge in [0.2, 0.25) is 0 Å². The fraction of sp³-hybridized carbons (Fsp3) is 0.222. The van der Waals surface area contributed by atoms with Gasteiger partial charge in [-0.3, -0.25) is 9.42 Å². The van der Waals surface area contributed by atoms with E-state index in [2.05, 4.69) is 5.32 Å². The van der Waals surface area contributed by atoms with E-state index >= 15 is 0 Å². The zero-order valence-electron chi connectivity index (χ0n) is 8.43. The number of carbonyl (C=O) groups excluding carboxylic acids is 1. The van der Waals surface area contributed by atoms with Gasteiger partial charge in [-0.25, -0.2) is 9.86 Å². The third kappa shape index (κ3) is 3.34. The number of carbonyl (C=O) groups is 1. The molecule has 1 rings (SSSR count). The molecule has 0 saturated heterocycles. The van der Waals surface area contributed by atoms with Crippen molar-refractivity contribution in [3.05, 3.63) is 24.3 Å². The highest BCUT2D eigenvalue weighted by Gasteiger charge is 2.05. The Kier molecular flexibility index (Phi) is 3.81. The first-order valence-corrected chi connectivity index (χ1v) is 5.73. The molecule has 0 aromatic heterocycles. The van der Waals surface area contributed by atoms with E-state index in [1.165, 1.54) is 7.05 Å². The molecule has 1 atom stereocenters. The molecule has 1 unspecified atom stereocenters. The van der Waals surface area contributed by atoms with Crippen LogP contribution in [-0.4, -0.2) is 33.8 Å². The minimum atomic E-state index is -1.03. The molecule has 0 fully saturated rings. The van der Waals surface area contributed by atoms with Gasteiger partial charge in [-0.05, 0) is 24.3 Å². The Morgan fingerprint density at radius 2 is 1.93 bits per heavy atom. The summed E-state index contributed by atoms with van der Waals surface area (Å²) in [5.74, 6) is 0. The Bertz CT molecular complexity index is 375. The topological polar surface area (TPSA) is 69.6 Å². The van der Waals surface area contributed by atoms with Gasteiger partial charge in [0, 0.05) is 34.7 Å². The van der Waals surface area contributed by atoms with E-state index in [1.807, 2.05) is 0 Å². The van der Waals surface area contributed by atoms with Crippen molar-refractivity contribution in [1.29, 1.82) is 0 Å². The van der Waals surface area contributed by atoms with Crippen LogP contribution in [0.1, 0.15) is 0 Å². The minimum Gasteiger partial charge on any atom is -0.306 e. The Morgan fingerprint density at radius 1 is 1.40 bits per heavy atom. The van der Waals surface area contributed by atoms with Crippen LogP contribution in [0.25, 0.3) is 0 Å². The number of hydrogen-bond donors (Lipinski definition) is 2. The quantitative estimate of drug-likeness (QED) is 0.591. The lowest BCUT2D eigenvalue weighted by molar-refractivity contribution is -0.0118. The lowest BCUT2D eigenvalue weighted by Gasteiger charge is -2.10. The van der Waals surface area contributed by atoms with E-state index in [0.29, 0.717) is 15.6 Å². The van der Waals surface area contributed by atoms with Crippen molar-refractivity contribution < 1.29 is 14.2 Å². The minimum absolute atomic E-state index is 0.450. The molecule has 0 heterocycles. The van der Waals surface area contributed by atoms with E-state index in [4.69, 9.17) is 5.21 Å². The van der Waals surface area contributed by atoms with Crippen LogP contribution in [0.5, 0.6) is 0 Å². The average molecular weight is 228 g/mol. The Morgan fingerprint density at radius 3 is 2.33 bits per heavy atom. The Balaban J connectivity index is 2.73. The molecule has 0 bridgehead atoms. The second kappa shape index (κ2) is 4.90. The maximum absolute atomic E-state index is 11.1. The van der Waals surface area contributed by atoms with E-state index in [9.17, 15) is 9.00 Å². The van der Waals surface area contributed by atoms with Gasteiger partial charge in [-0.15, -0.1) is 0 Å². The molecule has 1 aromatic rings. The number of hydrogen-bond acceptors (Lipinski definition) is 3. The zero-order chi connectivity index (χ0) is 11.4. The third-order valence-corrected chi connectivity index (χ3v) is 2.67. The van der Waals surface area contributed by atoms with Crippen molar-refractivity contribution in [3.8, 4) is 0 Å². The van der Waals surface area contributed by atoms with Crippen LogP contribution in [0.15, 0.2) is 29.2 Å². The number of nitrogens with zero attached hydrogens (tertiary/aromatic N) is 1. The van der Waals surface area contributed by atoms with Crippen molar-refractivity contribution in [1.82, 2.24) is 5.06 Å². The number of rotatable bonds is 2. The number of benzene rings is 1. The molecule has 1 aromatic carbocycles. The van der Waals surface area contributed by atoms with Gasteiger partial charge < -0.3 is 5.32 Å². The van der Waals surface area contributed by atoms with Gasteiger partial charge in [0.1, 0.15) is 0 Å². The van der Waals surface area contributed by atoms with Crippen LogP contribution in [0.2, 0.25) is 0 Å². The summed E-state index contributed by atoms with van der Waals surface area (Å²) in [5, 5.41) is 11.7. The average Bonchev–Trinajstić information content (AvgIpc) is 2.18. The summed E-state index contributed by atoms with van der Waals surface area (Å²) in [6, 6.07) is 5.93. The van der Waals surface area contributed by atoms with Gasteiger partial charge in [0.15, 0.2) is 0 Å². The summed E-state index contributed by atoms with van der Waals surface area (Å²) in [5.41, 5.74) is 0.537. The van der Waals surface area contributed by atoms with Crippen LogP contribution < -0.4 is 5.32 Å². The first-order valence-electron chi connectivity index (χ1n) is 4.18. The summed E-state index contributed by atoms with van der Waals surface area (Å²) in [6.07, 6.45) is 1.58. The van der Waals surface area contributed by atoms with Crippen molar-refractivity contribution >= 4 is 22.5 Å². The van der Waals surface area contributed by atoms with Gasteiger partial charge in [0.25, 0.3) is 0 Å². The maximum Gasteiger partial charge on any atom is 0.345 e. The predicted octanol–water partition coefficient (Wildman–Crippen LogP) is 1.28. The molecular weight excluding hydrogens is 216 g/mol. The molecule has 0 saturated carbocycles. The summed E-state index contributed by atoms with van der Waals surface area (Å²) < 4.78 is 11.1. The highest BCUT2D eigenvalue weighted by Crippen LogP contribution is 2.11. The molecule has 0 aliphatic heterocycles. The standard InChI is InChI=1S/C9H12N2O3S/c1-11(13)9(12)10-7-3-5-8(6-4-7)15(2)14/h3-6,13H,1-2H3,(H,10,12). The lowest BCUT2D eigenvalue weighted by Crippen LogP contribution is -2.27. The zero-order valence-corrected chi connectivity index (χ0v) is 9.25. The first-order chi connectivity index (χ1) is 7.00. The molecule has 82 valence electrons. The fourth-order valence-corrected chi connectivity index (χ4v) is 1.45. The highest BCUT2D eigenvalue weighted by atomic mass is 32.2. The Labute approximate surface area is 90.1 Å². The number of nitrogens with one attached hydrogen (secondary N) is 1. The highest BCUT2D eigenvalue weighted by molar-refractivity contribution is 7.84. The van der Waals surface area contributed by atoms with Gasteiger partial charge in [0.05, 0.1) is 0 Å². The second-order valence-corrected chi connectivity index (χ2v) is 4.31. The SMILES string of the molecule is CN(O)C(=O)Nc1ccc(S(C)=O)cc1. The van der Waals surface area contributed by atoms with E-state index in [-0.39, 0.29) is 0 Å².